The highest BCUT2D eigenvalue weighted by Gasteiger charge is 2.15. The zero-order valence-corrected chi connectivity index (χ0v) is 14.4. The van der Waals surface area contributed by atoms with Crippen LogP contribution >= 0.6 is 0 Å². The van der Waals surface area contributed by atoms with Crippen molar-refractivity contribution in [3.05, 3.63) is 65.1 Å². The van der Waals surface area contributed by atoms with E-state index in [0.29, 0.717) is 13.2 Å². The van der Waals surface area contributed by atoms with Gasteiger partial charge in [-0.15, -0.1) is 0 Å². The molecule has 6 heteroatoms. The number of para-hydroxylation sites is 3. The lowest BCUT2D eigenvalue weighted by atomic mass is 10.3. The van der Waals surface area contributed by atoms with Gasteiger partial charge in [-0.3, -0.25) is 13.9 Å². The molecule has 0 aliphatic carbocycles. The van der Waals surface area contributed by atoms with Gasteiger partial charge in [0, 0.05) is 14.1 Å². The van der Waals surface area contributed by atoms with Crippen LogP contribution in [0.1, 0.15) is 0 Å². The van der Waals surface area contributed by atoms with E-state index in [9.17, 15) is 9.59 Å². The number of nitrogens with zero attached hydrogens (tertiary/aromatic N) is 3. The van der Waals surface area contributed by atoms with E-state index in [1.54, 1.807) is 23.6 Å². The number of ether oxygens (including phenoxy) is 1. The van der Waals surface area contributed by atoms with Crippen molar-refractivity contribution in [2.75, 3.05) is 20.2 Å². The fourth-order valence-corrected chi connectivity index (χ4v) is 2.71. The Labute approximate surface area is 145 Å². The van der Waals surface area contributed by atoms with Gasteiger partial charge in [0.1, 0.15) is 18.9 Å². The standard InChI is InChI=1S/C19H21N3O3/c1-20(12-13-25-15-8-4-3-5-9-15)18(23)14-22-17-11-7-6-10-16(17)21(2)19(22)24/h3-11H,12-14H2,1-2H3. The molecule has 0 radical (unpaired) electrons. The summed E-state index contributed by atoms with van der Waals surface area (Å²) in [6.45, 7) is 0.867. The maximum atomic E-state index is 12.5. The van der Waals surface area contributed by atoms with Gasteiger partial charge in [-0.2, -0.15) is 0 Å². The lowest BCUT2D eigenvalue weighted by molar-refractivity contribution is -0.130. The van der Waals surface area contributed by atoms with E-state index in [1.165, 1.54) is 4.57 Å². The van der Waals surface area contributed by atoms with Crippen molar-refractivity contribution in [3.63, 3.8) is 0 Å². The average Bonchev–Trinajstić information content (AvgIpc) is 2.88. The van der Waals surface area contributed by atoms with Gasteiger partial charge in [-0.1, -0.05) is 30.3 Å². The molecule has 0 saturated carbocycles. The summed E-state index contributed by atoms with van der Waals surface area (Å²) >= 11 is 0. The van der Waals surface area contributed by atoms with Gasteiger partial charge in [0.05, 0.1) is 17.6 Å². The van der Waals surface area contributed by atoms with Crippen molar-refractivity contribution < 1.29 is 9.53 Å². The minimum absolute atomic E-state index is 0.0159. The van der Waals surface area contributed by atoms with E-state index >= 15 is 0 Å². The van der Waals surface area contributed by atoms with E-state index in [-0.39, 0.29) is 18.1 Å². The van der Waals surface area contributed by atoms with Crippen molar-refractivity contribution in [2.45, 2.75) is 6.54 Å². The number of imidazole rings is 1. The van der Waals surface area contributed by atoms with Gasteiger partial charge in [0.25, 0.3) is 0 Å². The molecule has 0 spiro atoms. The molecule has 0 bridgehead atoms. The third kappa shape index (κ3) is 3.57. The van der Waals surface area contributed by atoms with Crippen LogP contribution in [0.25, 0.3) is 11.0 Å². The van der Waals surface area contributed by atoms with Crippen molar-refractivity contribution in [2.24, 2.45) is 7.05 Å². The number of carbonyl (C=O) groups is 1. The van der Waals surface area contributed by atoms with Crippen LogP contribution in [-0.2, 0) is 18.4 Å². The lowest BCUT2D eigenvalue weighted by Gasteiger charge is -2.17. The number of aryl methyl sites for hydroxylation is 1. The van der Waals surface area contributed by atoms with Crippen molar-refractivity contribution in [1.82, 2.24) is 14.0 Å². The molecule has 3 rings (SSSR count). The highest BCUT2D eigenvalue weighted by Crippen LogP contribution is 2.12. The first-order valence-electron chi connectivity index (χ1n) is 8.14. The van der Waals surface area contributed by atoms with Gasteiger partial charge in [0.15, 0.2) is 0 Å². The zero-order chi connectivity index (χ0) is 17.8. The number of hydrogen-bond acceptors (Lipinski definition) is 3. The van der Waals surface area contributed by atoms with Crippen LogP contribution in [0, 0.1) is 0 Å². The summed E-state index contributed by atoms with van der Waals surface area (Å²) in [6.07, 6.45) is 0. The van der Waals surface area contributed by atoms with Gasteiger partial charge in [-0.25, -0.2) is 4.79 Å². The van der Waals surface area contributed by atoms with E-state index in [1.807, 2.05) is 54.6 Å². The maximum absolute atomic E-state index is 12.5. The highest BCUT2D eigenvalue weighted by molar-refractivity contribution is 5.80. The molecule has 0 atom stereocenters. The molecule has 0 aliphatic heterocycles. The topological polar surface area (TPSA) is 56.5 Å². The van der Waals surface area contributed by atoms with E-state index < -0.39 is 0 Å². The molecule has 25 heavy (non-hydrogen) atoms. The van der Waals surface area contributed by atoms with Crippen molar-refractivity contribution >= 4 is 16.9 Å². The molecule has 0 N–H and O–H groups in total. The van der Waals surface area contributed by atoms with Crippen LogP contribution in [0.3, 0.4) is 0 Å². The molecule has 3 aromatic rings. The molecule has 6 nitrogen and oxygen atoms in total. The van der Waals surface area contributed by atoms with Crippen LogP contribution < -0.4 is 10.4 Å². The minimum Gasteiger partial charge on any atom is -0.492 e. The van der Waals surface area contributed by atoms with E-state index in [4.69, 9.17) is 4.74 Å². The lowest BCUT2D eigenvalue weighted by Crippen LogP contribution is -2.36. The monoisotopic (exact) mass is 339 g/mol. The predicted molar refractivity (Wildman–Crippen MR) is 96.8 cm³/mol. The normalized spacial score (nSPS) is 10.8. The second-order valence-corrected chi connectivity index (χ2v) is 5.89. The molecule has 0 fully saturated rings. The summed E-state index contributed by atoms with van der Waals surface area (Å²) in [5, 5.41) is 0. The largest absolute Gasteiger partial charge is 0.492 e. The van der Waals surface area contributed by atoms with Gasteiger partial charge >= 0.3 is 5.69 Å². The molecule has 0 saturated heterocycles. The Morgan fingerprint density at radius 3 is 2.40 bits per heavy atom. The smallest absolute Gasteiger partial charge is 0.329 e. The maximum Gasteiger partial charge on any atom is 0.329 e. The van der Waals surface area contributed by atoms with Crippen molar-refractivity contribution in [3.8, 4) is 5.75 Å². The Bertz CT molecular complexity index is 928. The fourth-order valence-electron chi connectivity index (χ4n) is 2.71. The number of rotatable bonds is 6. The number of aromatic nitrogens is 2. The molecule has 130 valence electrons. The molecular weight excluding hydrogens is 318 g/mol. The Morgan fingerprint density at radius 1 is 1.04 bits per heavy atom. The predicted octanol–water partition coefficient (Wildman–Crippen LogP) is 1.88. The average molecular weight is 339 g/mol. The van der Waals surface area contributed by atoms with E-state index in [0.717, 1.165) is 16.8 Å². The summed E-state index contributed by atoms with van der Waals surface area (Å²) in [5.74, 6) is 0.642. The molecular formula is C19H21N3O3. The summed E-state index contributed by atoms with van der Waals surface area (Å²) in [6, 6.07) is 16.9. The second-order valence-electron chi connectivity index (χ2n) is 5.89. The number of likely N-dealkylation sites (N-methyl/N-ethyl adjacent to an activating group) is 1. The Kier molecular flexibility index (Phi) is 4.88. The highest BCUT2D eigenvalue weighted by atomic mass is 16.5. The Morgan fingerprint density at radius 2 is 1.68 bits per heavy atom. The quantitative estimate of drug-likeness (QED) is 0.689. The third-order valence-electron chi connectivity index (χ3n) is 4.21. The minimum atomic E-state index is -0.191. The summed E-state index contributed by atoms with van der Waals surface area (Å²) in [5.41, 5.74) is 1.39. The number of benzene rings is 2. The Hall–Kier alpha value is -3.02. The fraction of sp³-hybridized carbons (Fsp3) is 0.263. The first-order chi connectivity index (χ1) is 12.1. The molecule has 1 aromatic heterocycles. The van der Waals surface area contributed by atoms with Crippen molar-refractivity contribution in [1.29, 1.82) is 0 Å². The summed E-state index contributed by atoms with van der Waals surface area (Å²) < 4.78 is 8.67. The van der Waals surface area contributed by atoms with Gasteiger partial charge < -0.3 is 9.64 Å². The van der Waals surface area contributed by atoms with Crippen LogP contribution in [-0.4, -0.2) is 40.1 Å². The van der Waals surface area contributed by atoms with Crippen LogP contribution in [0.2, 0.25) is 0 Å². The van der Waals surface area contributed by atoms with Gasteiger partial charge in [0.2, 0.25) is 5.91 Å². The number of amides is 1. The van der Waals surface area contributed by atoms with Gasteiger partial charge in [-0.05, 0) is 24.3 Å². The SMILES string of the molecule is CN(CCOc1ccccc1)C(=O)Cn1c(=O)n(C)c2ccccc21. The molecule has 2 aromatic carbocycles. The van der Waals surface area contributed by atoms with Crippen LogP contribution in [0.15, 0.2) is 59.4 Å². The number of carbonyl (C=O) groups excluding carboxylic acids is 1. The zero-order valence-electron chi connectivity index (χ0n) is 14.4. The number of hydrogen-bond donors (Lipinski definition) is 0. The molecule has 0 aliphatic rings. The number of fused-ring (bicyclic) bond motifs is 1. The summed E-state index contributed by atoms with van der Waals surface area (Å²) in [7, 11) is 3.43. The second kappa shape index (κ2) is 7.25. The van der Waals surface area contributed by atoms with Crippen LogP contribution in [0.5, 0.6) is 5.75 Å². The molecule has 1 amide bonds. The molecule has 0 unspecified atom stereocenters. The van der Waals surface area contributed by atoms with E-state index in [2.05, 4.69) is 0 Å². The Balaban J connectivity index is 1.64. The van der Waals surface area contributed by atoms with Crippen LogP contribution in [0.4, 0.5) is 0 Å². The summed E-state index contributed by atoms with van der Waals surface area (Å²) in [4.78, 5) is 26.4. The molecule has 1 heterocycles. The third-order valence-corrected chi connectivity index (χ3v) is 4.21. The first kappa shape index (κ1) is 16.8. The first-order valence-corrected chi connectivity index (χ1v) is 8.14.